The minimum Gasteiger partial charge on any atom is -0.367 e. The summed E-state index contributed by atoms with van der Waals surface area (Å²) >= 11 is 0. The molecule has 0 fully saturated rings. The van der Waals surface area contributed by atoms with Crippen LogP contribution in [0.5, 0.6) is 0 Å². The summed E-state index contributed by atoms with van der Waals surface area (Å²) in [4.78, 5) is 14.7. The first kappa shape index (κ1) is 20.8. The molecule has 31 heavy (non-hydrogen) atoms. The van der Waals surface area contributed by atoms with E-state index >= 15 is 0 Å². The van der Waals surface area contributed by atoms with Crippen LogP contribution in [-0.2, 0) is 21.4 Å². The van der Waals surface area contributed by atoms with Crippen LogP contribution >= 0.6 is 0 Å². The van der Waals surface area contributed by atoms with Crippen LogP contribution in [0.2, 0.25) is 0 Å². The van der Waals surface area contributed by atoms with Gasteiger partial charge in [0.2, 0.25) is 10.0 Å². The third-order valence-corrected chi connectivity index (χ3v) is 6.18. The van der Waals surface area contributed by atoms with Gasteiger partial charge in [0, 0.05) is 35.6 Å². The van der Waals surface area contributed by atoms with Gasteiger partial charge in [-0.3, -0.25) is 4.79 Å². The minimum absolute atomic E-state index is 0.0245. The molecular formula is C24H23N3O3S. The van der Waals surface area contributed by atoms with Crippen molar-refractivity contribution in [1.82, 2.24) is 0 Å². The first-order valence-electron chi connectivity index (χ1n) is 9.94. The highest BCUT2D eigenvalue weighted by Gasteiger charge is 2.25. The topological polar surface area (TPSA) is 92.5 Å². The Labute approximate surface area is 182 Å². The van der Waals surface area contributed by atoms with E-state index < -0.39 is 10.0 Å². The van der Waals surface area contributed by atoms with Gasteiger partial charge in [-0.15, -0.1) is 0 Å². The number of sulfonamides is 1. The first-order valence-corrected chi connectivity index (χ1v) is 11.5. The van der Waals surface area contributed by atoms with Gasteiger partial charge in [0.15, 0.2) is 0 Å². The van der Waals surface area contributed by atoms with Crippen LogP contribution in [0.1, 0.15) is 23.6 Å². The number of amides is 1. The lowest BCUT2D eigenvalue weighted by Crippen LogP contribution is -2.21. The lowest BCUT2D eigenvalue weighted by atomic mass is 10.0. The van der Waals surface area contributed by atoms with Crippen molar-refractivity contribution in [3.05, 3.63) is 89.5 Å². The number of hydrogen-bond acceptors (Lipinski definition) is 4. The molecule has 0 bridgehead atoms. The highest BCUT2D eigenvalue weighted by Crippen LogP contribution is 2.34. The van der Waals surface area contributed by atoms with Gasteiger partial charge in [-0.25, -0.2) is 13.6 Å². The second kappa shape index (κ2) is 8.37. The summed E-state index contributed by atoms with van der Waals surface area (Å²) in [6.45, 7) is 3.78. The lowest BCUT2D eigenvalue weighted by Gasteiger charge is -2.23. The number of nitrogens with two attached hydrogens (primary N) is 1. The molecule has 3 N–H and O–H groups in total. The largest absolute Gasteiger partial charge is 0.367 e. The van der Waals surface area contributed by atoms with E-state index in [1.54, 1.807) is 12.1 Å². The summed E-state index contributed by atoms with van der Waals surface area (Å²) in [7, 11) is -3.85. The molecule has 6 nitrogen and oxygen atoms in total. The van der Waals surface area contributed by atoms with Crippen molar-refractivity contribution in [1.29, 1.82) is 0 Å². The third kappa shape index (κ3) is 4.52. The van der Waals surface area contributed by atoms with Crippen LogP contribution in [0.25, 0.3) is 11.6 Å². The van der Waals surface area contributed by atoms with E-state index in [9.17, 15) is 13.2 Å². The number of nitrogens with one attached hydrogen (secondary N) is 1. The van der Waals surface area contributed by atoms with Crippen molar-refractivity contribution in [2.24, 2.45) is 5.14 Å². The molecule has 158 valence electrons. The summed E-state index contributed by atoms with van der Waals surface area (Å²) in [5, 5.41) is 8.00. The van der Waals surface area contributed by atoms with Crippen LogP contribution in [0.15, 0.2) is 77.7 Å². The zero-order chi connectivity index (χ0) is 22.0. The molecule has 7 heteroatoms. The number of carbonyl (C=O) groups excluding carboxylic acids is 1. The molecule has 0 radical (unpaired) electrons. The number of hydrogen-bond donors (Lipinski definition) is 2. The van der Waals surface area contributed by atoms with Gasteiger partial charge >= 0.3 is 0 Å². The standard InChI is InChI=1S/C24H23N3O3S/c1-2-27(16-18-6-4-3-5-7-18)19-10-8-17(9-11-19)14-22-21-15-20(31(25,29)30)12-13-23(21)26-24(22)28/h3-15H,2,16H2,1H3,(H,26,28)(H2,25,29,30)/b22-14-. The van der Waals surface area contributed by atoms with Crippen LogP contribution in [0.3, 0.4) is 0 Å². The normalized spacial score (nSPS) is 14.4. The zero-order valence-corrected chi connectivity index (χ0v) is 17.9. The molecule has 1 aliphatic rings. The molecule has 0 saturated heterocycles. The Balaban J connectivity index is 1.61. The van der Waals surface area contributed by atoms with Crippen LogP contribution in [0.4, 0.5) is 11.4 Å². The van der Waals surface area contributed by atoms with Crippen molar-refractivity contribution in [3.8, 4) is 0 Å². The summed E-state index contributed by atoms with van der Waals surface area (Å²) in [6, 6.07) is 22.6. The maximum Gasteiger partial charge on any atom is 0.256 e. The van der Waals surface area contributed by atoms with Crippen molar-refractivity contribution in [2.45, 2.75) is 18.4 Å². The second-order valence-corrected chi connectivity index (χ2v) is 8.92. The first-order chi connectivity index (χ1) is 14.8. The third-order valence-electron chi connectivity index (χ3n) is 5.27. The summed E-state index contributed by atoms with van der Waals surface area (Å²) in [5.41, 5.74) is 4.67. The second-order valence-electron chi connectivity index (χ2n) is 7.36. The molecule has 1 heterocycles. The Morgan fingerprint density at radius 3 is 2.35 bits per heavy atom. The summed E-state index contributed by atoms with van der Waals surface area (Å²) in [5.74, 6) is -0.273. The van der Waals surface area contributed by atoms with Crippen LogP contribution in [0, 0.1) is 0 Å². The lowest BCUT2D eigenvalue weighted by molar-refractivity contribution is -0.110. The molecule has 0 aromatic heterocycles. The quantitative estimate of drug-likeness (QED) is 0.578. The number of benzene rings is 3. The van der Waals surface area contributed by atoms with Gasteiger partial charge in [0.1, 0.15) is 0 Å². The van der Waals surface area contributed by atoms with E-state index in [1.165, 1.54) is 17.7 Å². The number of primary sulfonamides is 1. The minimum atomic E-state index is -3.85. The summed E-state index contributed by atoms with van der Waals surface area (Å²) < 4.78 is 23.4. The van der Waals surface area contributed by atoms with E-state index in [-0.39, 0.29) is 10.8 Å². The number of carbonyl (C=O) groups is 1. The molecule has 3 aromatic carbocycles. The fraction of sp³-hybridized carbons (Fsp3) is 0.125. The highest BCUT2D eigenvalue weighted by atomic mass is 32.2. The number of rotatable bonds is 6. The van der Waals surface area contributed by atoms with E-state index in [2.05, 4.69) is 29.3 Å². The SMILES string of the molecule is CCN(Cc1ccccc1)c1ccc(/C=C2\C(=O)Nc3ccc(S(N)(=O)=O)cc32)cc1. The number of nitrogens with zero attached hydrogens (tertiary/aromatic N) is 1. The van der Waals surface area contributed by atoms with E-state index in [4.69, 9.17) is 5.14 Å². The van der Waals surface area contributed by atoms with Crippen molar-refractivity contribution >= 4 is 39.0 Å². The molecule has 1 aliphatic heterocycles. The molecule has 3 aromatic rings. The van der Waals surface area contributed by atoms with E-state index in [0.29, 0.717) is 16.8 Å². The number of anilines is 2. The van der Waals surface area contributed by atoms with Crippen molar-refractivity contribution in [3.63, 3.8) is 0 Å². The fourth-order valence-electron chi connectivity index (χ4n) is 3.62. The van der Waals surface area contributed by atoms with Crippen LogP contribution < -0.4 is 15.4 Å². The predicted molar refractivity (Wildman–Crippen MR) is 124 cm³/mol. The molecule has 0 spiro atoms. The Morgan fingerprint density at radius 1 is 1.00 bits per heavy atom. The van der Waals surface area contributed by atoms with E-state index in [0.717, 1.165) is 24.3 Å². The molecule has 0 aliphatic carbocycles. The fourth-order valence-corrected chi connectivity index (χ4v) is 4.16. The Hall–Kier alpha value is -3.42. The monoisotopic (exact) mass is 433 g/mol. The molecule has 1 amide bonds. The van der Waals surface area contributed by atoms with Crippen molar-refractivity contribution < 1.29 is 13.2 Å². The zero-order valence-electron chi connectivity index (χ0n) is 17.1. The van der Waals surface area contributed by atoms with Gasteiger partial charge in [-0.2, -0.15) is 0 Å². The molecule has 4 rings (SSSR count). The van der Waals surface area contributed by atoms with Gasteiger partial charge in [-0.1, -0.05) is 42.5 Å². The maximum absolute atomic E-state index is 12.5. The predicted octanol–water partition coefficient (Wildman–Crippen LogP) is 3.85. The van der Waals surface area contributed by atoms with Crippen molar-refractivity contribution in [2.75, 3.05) is 16.8 Å². The smallest absolute Gasteiger partial charge is 0.256 e. The Bertz CT molecular complexity index is 1250. The van der Waals surface area contributed by atoms with Gasteiger partial charge < -0.3 is 10.2 Å². The average Bonchev–Trinajstić information content (AvgIpc) is 3.07. The molecule has 0 atom stereocenters. The average molecular weight is 434 g/mol. The van der Waals surface area contributed by atoms with Gasteiger partial charge in [0.05, 0.1) is 4.90 Å². The summed E-state index contributed by atoms with van der Waals surface area (Å²) in [6.07, 6.45) is 1.76. The van der Waals surface area contributed by atoms with E-state index in [1.807, 2.05) is 42.5 Å². The molecular weight excluding hydrogens is 410 g/mol. The molecule has 0 saturated carbocycles. The maximum atomic E-state index is 12.5. The van der Waals surface area contributed by atoms with Crippen LogP contribution in [-0.4, -0.2) is 20.9 Å². The van der Waals surface area contributed by atoms with Gasteiger partial charge in [-0.05, 0) is 54.5 Å². The Morgan fingerprint density at radius 2 is 1.71 bits per heavy atom. The molecule has 0 unspecified atom stereocenters. The highest BCUT2D eigenvalue weighted by molar-refractivity contribution is 7.89. The Kier molecular flexibility index (Phi) is 5.63. The van der Waals surface area contributed by atoms with Gasteiger partial charge in [0.25, 0.3) is 5.91 Å². The number of fused-ring (bicyclic) bond motifs is 1.